The lowest BCUT2D eigenvalue weighted by Crippen LogP contribution is -2.45. The van der Waals surface area contributed by atoms with E-state index in [9.17, 15) is 0 Å². The van der Waals surface area contributed by atoms with Crippen molar-refractivity contribution in [3.8, 4) is 0 Å². The van der Waals surface area contributed by atoms with E-state index in [4.69, 9.17) is 4.74 Å². The molecule has 1 aliphatic heterocycles. The number of hydrogen-bond donors (Lipinski definition) is 1. The van der Waals surface area contributed by atoms with E-state index in [1.807, 2.05) is 0 Å². The second-order valence-corrected chi connectivity index (χ2v) is 6.21. The van der Waals surface area contributed by atoms with E-state index in [1.54, 1.807) is 5.57 Å². The van der Waals surface area contributed by atoms with E-state index in [0.717, 1.165) is 44.6 Å². The Morgan fingerprint density at radius 3 is 3.00 bits per heavy atom. The minimum absolute atomic E-state index is 0.376. The van der Waals surface area contributed by atoms with Crippen molar-refractivity contribution in [2.45, 2.75) is 32.8 Å². The second-order valence-electron chi connectivity index (χ2n) is 6.21. The molecule has 1 fully saturated rings. The van der Waals surface area contributed by atoms with Crippen LogP contribution in [-0.2, 0) is 4.74 Å². The first-order chi connectivity index (χ1) is 8.63. The van der Waals surface area contributed by atoms with Gasteiger partial charge < -0.3 is 15.0 Å². The van der Waals surface area contributed by atoms with Gasteiger partial charge in [0.25, 0.3) is 0 Å². The van der Waals surface area contributed by atoms with Crippen molar-refractivity contribution < 1.29 is 4.74 Å². The second kappa shape index (κ2) is 6.69. The maximum atomic E-state index is 5.76. The molecule has 0 amide bonds. The van der Waals surface area contributed by atoms with Crippen molar-refractivity contribution in [1.82, 2.24) is 10.2 Å². The maximum absolute atomic E-state index is 5.76. The third kappa shape index (κ3) is 4.38. The van der Waals surface area contributed by atoms with E-state index < -0.39 is 0 Å². The van der Waals surface area contributed by atoms with Crippen LogP contribution in [0.1, 0.15) is 26.7 Å². The van der Waals surface area contributed by atoms with Crippen LogP contribution < -0.4 is 5.32 Å². The molecule has 2 rings (SSSR count). The molecule has 0 saturated carbocycles. The molecule has 3 nitrogen and oxygen atoms in total. The molecule has 0 bridgehead atoms. The number of nitrogens with one attached hydrogen (secondary N) is 1. The number of rotatable bonds is 4. The molecule has 0 radical (unpaired) electrons. The van der Waals surface area contributed by atoms with Crippen LogP contribution in [0.15, 0.2) is 11.6 Å². The Morgan fingerprint density at radius 2 is 2.28 bits per heavy atom. The molecule has 3 heteroatoms. The molecule has 2 aliphatic rings. The van der Waals surface area contributed by atoms with Crippen molar-refractivity contribution in [2.75, 3.05) is 39.8 Å². The molecule has 1 N–H and O–H groups in total. The van der Waals surface area contributed by atoms with E-state index >= 15 is 0 Å². The van der Waals surface area contributed by atoms with Gasteiger partial charge in [0.2, 0.25) is 0 Å². The summed E-state index contributed by atoms with van der Waals surface area (Å²) in [4.78, 5) is 2.35. The summed E-state index contributed by atoms with van der Waals surface area (Å²) in [5, 5.41) is 3.61. The molecule has 1 heterocycles. The summed E-state index contributed by atoms with van der Waals surface area (Å²) in [6.07, 6.45) is 5.40. The highest BCUT2D eigenvalue weighted by Crippen LogP contribution is 2.27. The minimum Gasteiger partial charge on any atom is -0.374 e. The topological polar surface area (TPSA) is 24.5 Å². The van der Waals surface area contributed by atoms with E-state index in [2.05, 4.69) is 37.2 Å². The van der Waals surface area contributed by atoms with E-state index in [-0.39, 0.29) is 0 Å². The Kier molecular flexibility index (Phi) is 5.22. The fraction of sp³-hybridized carbons (Fsp3) is 0.867. The van der Waals surface area contributed by atoms with Gasteiger partial charge in [0.1, 0.15) is 0 Å². The number of nitrogens with zero attached hydrogens (tertiary/aromatic N) is 1. The quantitative estimate of drug-likeness (QED) is 0.773. The van der Waals surface area contributed by atoms with Gasteiger partial charge in [-0.3, -0.25) is 0 Å². The van der Waals surface area contributed by atoms with Gasteiger partial charge in [-0.15, -0.1) is 0 Å². The molecule has 3 atom stereocenters. The van der Waals surface area contributed by atoms with Crippen molar-refractivity contribution in [2.24, 2.45) is 11.8 Å². The largest absolute Gasteiger partial charge is 0.374 e. The Morgan fingerprint density at radius 1 is 1.44 bits per heavy atom. The van der Waals surface area contributed by atoms with Gasteiger partial charge >= 0.3 is 0 Å². The predicted octanol–water partition coefficient (Wildman–Crippen LogP) is 1.90. The van der Waals surface area contributed by atoms with E-state index in [1.165, 1.54) is 12.8 Å². The molecule has 0 aromatic rings. The fourth-order valence-electron chi connectivity index (χ4n) is 3.28. The van der Waals surface area contributed by atoms with Gasteiger partial charge in [-0.2, -0.15) is 0 Å². The highest BCUT2D eigenvalue weighted by molar-refractivity contribution is 5.06. The lowest BCUT2D eigenvalue weighted by atomic mass is 9.84. The van der Waals surface area contributed by atoms with Crippen LogP contribution in [-0.4, -0.2) is 50.8 Å². The van der Waals surface area contributed by atoms with Gasteiger partial charge in [-0.05, 0) is 45.2 Å². The van der Waals surface area contributed by atoms with Gasteiger partial charge in [-0.1, -0.05) is 18.6 Å². The number of hydrogen-bond acceptors (Lipinski definition) is 3. The normalized spacial score (nSPS) is 34.4. The van der Waals surface area contributed by atoms with Crippen LogP contribution in [0.5, 0.6) is 0 Å². The fourth-order valence-corrected chi connectivity index (χ4v) is 3.28. The Hall–Kier alpha value is -0.380. The first kappa shape index (κ1) is 14.0. The third-order valence-electron chi connectivity index (χ3n) is 4.03. The minimum atomic E-state index is 0.376. The van der Waals surface area contributed by atoms with Gasteiger partial charge in [-0.25, -0.2) is 0 Å². The van der Waals surface area contributed by atoms with Gasteiger partial charge in [0, 0.05) is 19.6 Å². The van der Waals surface area contributed by atoms with Crippen molar-refractivity contribution in [1.29, 1.82) is 0 Å². The Labute approximate surface area is 112 Å². The lowest BCUT2D eigenvalue weighted by Gasteiger charge is -2.31. The highest BCUT2D eigenvalue weighted by Gasteiger charge is 2.20. The summed E-state index contributed by atoms with van der Waals surface area (Å²) in [6.45, 7) is 9.74. The number of allylic oxidation sites excluding steroid dienone is 2. The first-order valence-corrected chi connectivity index (χ1v) is 7.31. The number of ether oxygens (including phenoxy) is 1. The number of morpholine rings is 1. The molecule has 1 saturated heterocycles. The van der Waals surface area contributed by atoms with Crippen molar-refractivity contribution in [3.05, 3.63) is 11.6 Å². The van der Waals surface area contributed by atoms with Gasteiger partial charge in [0.05, 0.1) is 12.7 Å². The standard InChI is InChI=1S/C15H28N2O/c1-12-6-13(2)8-14(7-12)9-16-10-15-11-17(3)4-5-18-15/h6,12,14-16H,4-5,7-11H2,1-3H3. The monoisotopic (exact) mass is 252 g/mol. The average molecular weight is 252 g/mol. The zero-order valence-corrected chi connectivity index (χ0v) is 12.1. The predicted molar refractivity (Wildman–Crippen MR) is 75.8 cm³/mol. The number of likely N-dealkylation sites (N-methyl/N-ethyl adjacent to an activating group) is 1. The van der Waals surface area contributed by atoms with Crippen LogP contribution in [0.3, 0.4) is 0 Å². The molecular formula is C15H28N2O. The molecule has 104 valence electrons. The highest BCUT2D eigenvalue weighted by atomic mass is 16.5. The Balaban J connectivity index is 1.65. The summed E-state index contributed by atoms with van der Waals surface area (Å²) >= 11 is 0. The zero-order valence-electron chi connectivity index (χ0n) is 12.1. The van der Waals surface area contributed by atoms with Crippen LogP contribution in [0.2, 0.25) is 0 Å². The Bertz CT molecular complexity index is 290. The smallest absolute Gasteiger partial charge is 0.0826 e. The van der Waals surface area contributed by atoms with Crippen LogP contribution in [0.25, 0.3) is 0 Å². The molecule has 18 heavy (non-hydrogen) atoms. The molecule has 1 aliphatic carbocycles. The van der Waals surface area contributed by atoms with Crippen LogP contribution >= 0.6 is 0 Å². The summed E-state index contributed by atoms with van der Waals surface area (Å²) in [7, 11) is 2.17. The molecular weight excluding hydrogens is 224 g/mol. The van der Waals surface area contributed by atoms with Crippen LogP contribution in [0.4, 0.5) is 0 Å². The molecule has 0 aromatic heterocycles. The maximum Gasteiger partial charge on any atom is 0.0826 e. The van der Waals surface area contributed by atoms with Gasteiger partial charge in [0.15, 0.2) is 0 Å². The summed E-state index contributed by atoms with van der Waals surface area (Å²) < 4.78 is 5.76. The van der Waals surface area contributed by atoms with E-state index in [0.29, 0.717) is 6.10 Å². The summed E-state index contributed by atoms with van der Waals surface area (Å²) in [5.41, 5.74) is 1.56. The van der Waals surface area contributed by atoms with Crippen LogP contribution in [0, 0.1) is 11.8 Å². The third-order valence-corrected chi connectivity index (χ3v) is 4.03. The lowest BCUT2D eigenvalue weighted by molar-refractivity contribution is -0.0184. The average Bonchev–Trinajstić information content (AvgIpc) is 2.27. The summed E-state index contributed by atoms with van der Waals surface area (Å²) in [5.74, 6) is 1.56. The SMILES string of the molecule is CC1=CC(C)CC(CNCC2CN(C)CCO2)C1. The molecule has 0 spiro atoms. The molecule has 3 unspecified atom stereocenters. The molecule has 0 aromatic carbocycles. The van der Waals surface area contributed by atoms with Crippen molar-refractivity contribution in [3.63, 3.8) is 0 Å². The summed E-state index contributed by atoms with van der Waals surface area (Å²) in [6, 6.07) is 0. The zero-order chi connectivity index (χ0) is 13.0. The van der Waals surface area contributed by atoms with Crippen molar-refractivity contribution >= 4 is 0 Å². The first-order valence-electron chi connectivity index (χ1n) is 7.31.